The van der Waals surface area contributed by atoms with Crippen molar-refractivity contribution < 1.29 is 9.90 Å². The molecule has 2 saturated heterocycles. The number of amides is 1. The number of carbonyl (C=O) groups is 1. The van der Waals surface area contributed by atoms with Crippen molar-refractivity contribution in [3.8, 4) is 5.75 Å². The third-order valence-electron chi connectivity index (χ3n) is 7.35. The van der Waals surface area contributed by atoms with E-state index >= 15 is 0 Å². The second-order valence-corrected chi connectivity index (χ2v) is 10.6. The Hall–Kier alpha value is -4.18. The van der Waals surface area contributed by atoms with E-state index in [1.54, 1.807) is 36.4 Å². The van der Waals surface area contributed by atoms with Crippen molar-refractivity contribution in [1.29, 1.82) is 0 Å². The summed E-state index contributed by atoms with van der Waals surface area (Å²) in [6.45, 7) is 3.74. The number of rotatable bonds is 6. The molecule has 0 atom stereocenters. The first-order chi connectivity index (χ1) is 19.5. The number of aromatic hydroxyl groups is 1. The van der Waals surface area contributed by atoms with Crippen LogP contribution in [-0.2, 0) is 0 Å². The maximum atomic E-state index is 13.0. The van der Waals surface area contributed by atoms with Crippen LogP contribution in [0.25, 0.3) is 10.9 Å². The summed E-state index contributed by atoms with van der Waals surface area (Å²) in [4.78, 5) is 36.0. The molecule has 6 rings (SSSR count). The van der Waals surface area contributed by atoms with Gasteiger partial charge in [0.2, 0.25) is 17.8 Å². The average Bonchev–Trinajstić information content (AvgIpc) is 2.99. The predicted octanol–water partition coefficient (Wildman–Crippen LogP) is 5.76. The molecule has 4 heterocycles. The molecule has 0 spiro atoms. The van der Waals surface area contributed by atoms with Crippen LogP contribution in [0.15, 0.2) is 48.7 Å². The summed E-state index contributed by atoms with van der Waals surface area (Å²) in [5.41, 5.74) is 1.76. The molecule has 2 aromatic heterocycles. The molecule has 0 aliphatic carbocycles. The van der Waals surface area contributed by atoms with Crippen LogP contribution in [0, 0.1) is 0 Å². The van der Waals surface area contributed by atoms with Crippen LogP contribution in [-0.4, -0.2) is 57.1 Å². The highest BCUT2D eigenvalue weighted by Crippen LogP contribution is 2.31. The summed E-state index contributed by atoms with van der Waals surface area (Å²) in [6.07, 6.45) is 8.32. The molecular weight excluding hydrogens is 528 g/mol. The van der Waals surface area contributed by atoms with E-state index in [0.29, 0.717) is 45.1 Å². The largest absolute Gasteiger partial charge is 0.506 e. The minimum Gasteiger partial charge on any atom is -0.506 e. The molecule has 3 N–H and O–H groups in total. The first-order valence-electron chi connectivity index (χ1n) is 13.8. The maximum absolute atomic E-state index is 13.0. The van der Waals surface area contributed by atoms with Crippen molar-refractivity contribution in [3.63, 3.8) is 0 Å². The number of fused-ring (bicyclic) bond motifs is 1. The molecule has 0 unspecified atom stereocenters. The normalized spacial score (nSPS) is 15.7. The number of carbonyl (C=O) groups excluding carboxylic acids is 1. The number of hydrogen-bond acceptors (Lipinski definition) is 9. The fraction of sp³-hybridized carbons (Fsp3) is 0.345. The maximum Gasteiger partial charge on any atom is 0.261 e. The predicted molar refractivity (Wildman–Crippen MR) is 158 cm³/mol. The van der Waals surface area contributed by atoms with Gasteiger partial charge in [0.1, 0.15) is 11.3 Å². The molecule has 2 aliphatic heterocycles. The molecule has 0 radical (unpaired) electrons. The monoisotopic (exact) mass is 558 g/mol. The van der Waals surface area contributed by atoms with Gasteiger partial charge < -0.3 is 25.5 Å². The van der Waals surface area contributed by atoms with E-state index in [1.807, 2.05) is 6.07 Å². The summed E-state index contributed by atoms with van der Waals surface area (Å²) in [7, 11) is 0. The number of nitrogens with zero attached hydrogens (tertiary/aromatic N) is 6. The van der Waals surface area contributed by atoms with E-state index in [9.17, 15) is 9.90 Å². The third-order valence-corrected chi connectivity index (χ3v) is 7.67. The zero-order valence-corrected chi connectivity index (χ0v) is 22.9. The SMILES string of the molecule is O=C(Nc1ccc(Nc2nc(N3CCCCC3)nc(N3CCCCC3)n2)cc1Cl)c1cnc2ccccc2c1O. The summed E-state index contributed by atoms with van der Waals surface area (Å²) in [5, 5.41) is 17.5. The summed E-state index contributed by atoms with van der Waals surface area (Å²) < 4.78 is 0. The first-order valence-corrected chi connectivity index (χ1v) is 14.1. The van der Waals surface area contributed by atoms with Crippen LogP contribution in [0.3, 0.4) is 0 Å². The van der Waals surface area contributed by atoms with Gasteiger partial charge in [-0.2, -0.15) is 15.0 Å². The number of hydrogen-bond donors (Lipinski definition) is 3. The molecule has 4 aromatic rings. The van der Waals surface area contributed by atoms with Crippen LogP contribution in [0.2, 0.25) is 5.02 Å². The minimum atomic E-state index is -0.506. The van der Waals surface area contributed by atoms with Gasteiger partial charge in [-0.1, -0.05) is 23.7 Å². The molecule has 10 nitrogen and oxygen atoms in total. The van der Waals surface area contributed by atoms with Crippen LogP contribution < -0.4 is 20.4 Å². The molecular formula is C29H31ClN8O2. The summed E-state index contributed by atoms with van der Waals surface area (Å²) in [6, 6.07) is 12.3. The highest BCUT2D eigenvalue weighted by Gasteiger charge is 2.21. The number of piperidine rings is 2. The smallest absolute Gasteiger partial charge is 0.261 e. The molecule has 1 amide bonds. The number of aromatic nitrogens is 4. The average molecular weight is 559 g/mol. The Morgan fingerprint density at radius 2 is 1.50 bits per heavy atom. The number of benzene rings is 2. The number of halogens is 1. The van der Waals surface area contributed by atoms with E-state index < -0.39 is 5.91 Å². The second kappa shape index (κ2) is 11.5. The highest BCUT2D eigenvalue weighted by atomic mass is 35.5. The lowest BCUT2D eigenvalue weighted by Gasteiger charge is -2.30. The Morgan fingerprint density at radius 1 is 0.850 bits per heavy atom. The summed E-state index contributed by atoms with van der Waals surface area (Å²) >= 11 is 6.57. The van der Waals surface area contributed by atoms with E-state index in [4.69, 9.17) is 26.6 Å². The summed E-state index contributed by atoms with van der Waals surface area (Å²) in [5.74, 6) is 1.21. The molecule has 0 saturated carbocycles. The van der Waals surface area contributed by atoms with Crippen molar-refractivity contribution in [2.45, 2.75) is 38.5 Å². The van der Waals surface area contributed by atoms with Crippen LogP contribution >= 0.6 is 11.6 Å². The lowest BCUT2D eigenvalue weighted by Crippen LogP contribution is -2.34. The van der Waals surface area contributed by atoms with Gasteiger partial charge in [0.25, 0.3) is 5.91 Å². The van der Waals surface area contributed by atoms with Crippen LogP contribution in [0.1, 0.15) is 48.9 Å². The molecule has 2 aromatic carbocycles. The van der Waals surface area contributed by atoms with Gasteiger partial charge in [-0.05, 0) is 68.9 Å². The van der Waals surface area contributed by atoms with E-state index in [0.717, 1.165) is 51.9 Å². The van der Waals surface area contributed by atoms with E-state index in [1.165, 1.54) is 19.0 Å². The third kappa shape index (κ3) is 5.58. The number of para-hydroxylation sites is 1. The quantitative estimate of drug-likeness (QED) is 0.271. The molecule has 11 heteroatoms. The van der Waals surface area contributed by atoms with Crippen LogP contribution in [0.4, 0.5) is 29.2 Å². The van der Waals surface area contributed by atoms with Crippen molar-refractivity contribution in [2.24, 2.45) is 0 Å². The van der Waals surface area contributed by atoms with Crippen molar-refractivity contribution in [3.05, 3.63) is 59.2 Å². The number of nitrogens with one attached hydrogen (secondary N) is 2. The lowest BCUT2D eigenvalue weighted by atomic mass is 10.1. The minimum absolute atomic E-state index is 0.0673. The van der Waals surface area contributed by atoms with Gasteiger partial charge in [-0.25, -0.2) is 0 Å². The number of pyridine rings is 1. The van der Waals surface area contributed by atoms with Gasteiger partial charge in [-0.3, -0.25) is 9.78 Å². The molecule has 40 heavy (non-hydrogen) atoms. The van der Waals surface area contributed by atoms with Gasteiger partial charge in [0.15, 0.2) is 0 Å². The Labute approximate surface area is 237 Å². The van der Waals surface area contributed by atoms with Crippen molar-refractivity contribution in [1.82, 2.24) is 19.9 Å². The van der Waals surface area contributed by atoms with E-state index in [-0.39, 0.29) is 11.3 Å². The van der Waals surface area contributed by atoms with Gasteiger partial charge in [-0.15, -0.1) is 0 Å². The molecule has 2 fully saturated rings. The van der Waals surface area contributed by atoms with Crippen molar-refractivity contribution >= 4 is 57.6 Å². The topological polar surface area (TPSA) is 119 Å². The zero-order chi connectivity index (χ0) is 27.5. The Morgan fingerprint density at radius 3 is 2.15 bits per heavy atom. The first kappa shape index (κ1) is 26.1. The van der Waals surface area contributed by atoms with Crippen molar-refractivity contribution in [2.75, 3.05) is 46.6 Å². The molecule has 0 bridgehead atoms. The number of anilines is 5. The molecule has 206 valence electrons. The van der Waals surface area contributed by atoms with E-state index in [2.05, 4.69) is 25.4 Å². The highest BCUT2D eigenvalue weighted by molar-refractivity contribution is 6.34. The van der Waals surface area contributed by atoms with Gasteiger partial charge in [0.05, 0.1) is 16.2 Å². The standard InChI is InChI=1S/C29H31ClN8O2/c30-22-17-19(11-12-24(22)33-26(40)21-18-31-23-10-4-3-9-20(23)25(21)39)32-27-34-28(37-13-5-1-6-14-37)36-29(35-27)38-15-7-2-8-16-38/h3-4,9-12,17-18H,1-2,5-8,13-16H2,(H,31,39)(H,33,40)(H,32,34,35,36). The Bertz CT molecular complexity index is 1500. The Kier molecular flexibility index (Phi) is 7.50. The zero-order valence-electron chi connectivity index (χ0n) is 22.1. The fourth-order valence-corrected chi connectivity index (χ4v) is 5.41. The van der Waals surface area contributed by atoms with Gasteiger partial charge in [0, 0.05) is 43.4 Å². The second-order valence-electron chi connectivity index (χ2n) is 10.2. The molecule has 2 aliphatic rings. The van der Waals surface area contributed by atoms with Crippen LogP contribution in [0.5, 0.6) is 5.75 Å². The Balaban J connectivity index is 1.22. The van der Waals surface area contributed by atoms with Gasteiger partial charge >= 0.3 is 0 Å². The fourth-order valence-electron chi connectivity index (χ4n) is 5.19. The lowest BCUT2D eigenvalue weighted by molar-refractivity contribution is 0.102.